The molecule has 0 atom stereocenters. The molecule has 1 aliphatic rings. The van der Waals surface area contributed by atoms with E-state index in [0.29, 0.717) is 0 Å². The second-order valence-corrected chi connectivity index (χ2v) is 5.43. The molecule has 2 rings (SSSR count). The van der Waals surface area contributed by atoms with E-state index in [0.717, 1.165) is 19.4 Å². The van der Waals surface area contributed by atoms with Crippen molar-refractivity contribution in [2.75, 3.05) is 24.5 Å². The fourth-order valence-corrected chi connectivity index (χ4v) is 2.90. The van der Waals surface area contributed by atoms with Crippen molar-refractivity contribution >= 4 is 5.69 Å². The first kappa shape index (κ1) is 13.4. The summed E-state index contributed by atoms with van der Waals surface area (Å²) in [5, 5.41) is 0. The molecule has 0 amide bonds. The van der Waals surface area contributed by atoms with Gasteiger partial charge in [0, 0.05) is 18.8 Å². The fraction of sp³-hybridized carbons (Fsp3) is 0.625. The number of hydrogen-bond acceptors (Lipinski definition) is 2. The molecule has 1 fully saturated rings. The van der Waals surface area contributed by atoms with Gasteiger partial charge in [-0.3, -0.25) is 0 Å². The van der Waals surface area contributed by atoms with E-state index >= 15 is 0 Å². The Morgan fingerprint density at radius 2 is 1.78 bits per heavy atom. The molecule has 0 radical (unpaired) electrons. The van der Waals surface area contributed by atoms with Crippen LogP contribution in [0.25, 0.3) is 0 Å². The van der Waals surface area contributed by atoms with Crippen molar-refractivity contribution in [1.82, 2.24) is 0 Å². The summed E-state index contributed by atoms with van der Waals surface area (Å²) in [7, 11) is 0. The zero-order chi connectivity index (χ0) is 13.0. The summed E-state index contributed by atoms with van der Waals surface area (Å²) in [6.07, 6.45) is 6.27. The predicted octanol–water partition coefficient (Wildman–Crippen LogP) is 3.19. The Bertz CT molecular complexity index is 392. The molecule has 1 aromatic carbocycles. The van der Waals surface area contributed by atoms with Crippen LogP contribution in [0.3, 0.4) is 0 Å². The van der Waals surface area contributed by atoms with Crippen LogP contribution >= 0.6 is 0 Å². The summed E-state index contributed by atoms with van der Waals surface area (Å²) >= 11 is 0. The van der Waals surface area contributed by atoms with Crippen LogP contribution in [0.15, 0.2) is 12.1 Å². The molecule has 1 heterocycles. The van der Waals surface area contributed by atoms with E-state index in [1.165, 1.54) is 54.7 Å². The van der Waals surface area contributed by atoms with Crippen LogP contribution in [0.2, 0.25) is 0 Å². The van der Waals surface area contributed by atoms with Crippen molar-refractivity contribution in [3.05, 3.63) is 28.8 Å². The van der Waals surface area contributed by atoms with Crippen molar-refractivity contribution in [3.63, 3.8) is 0 Å². The van der Waals surface area contributed by atoms with Gasteiger partial charge >= 0.3 is 0 Å². The van der Waals surface area contributed by atoms with Crippen molar-refractivity contribution < 1.29 is 0 Å². The number of piperidine rings is 1. The van der Waals surface area contributed by atoms with Crippen LogP contribution in [-0.4, -0.2) is 19.6 Å². The minimum atomic E-state index is 0.784. The summed E-state index contributed by atoms with van der Waals surface area (Å²) in [6, 6.07) is 4.63. The van der Waals surface area contributed by atoms with Crippen LogP contribution in [0.4, 0.5) is 5.69 Å². The van der Waals surface area contributed by atoms with E-state index < -0.39 is 0 Å². The number of anilines is 1. The number of nitrogens with zero attached hydrogens (tertiary/aromatic N) is 1. The molecule has 0 spiro atoms. The minimum Gasteiger partial charge on any atom is -0.371 e. The lowest BCUT2D eigenvalue weighted by Gasteiger charge is -2.31. The van der Waals surface area contributed by atoms with Crippen LogP contribution in [0.1, 0.15) is 42.4 Å². The van der Waals surface area contributed by atoms with Crippen LogP contribution in [-0.2, 0) is 6.42 Å². The first-order valence-electron chi connectivity index (χ1n) is 7.28. The van der Waals surface area contributed by atoms with Crippen LogP contribution in [0.5, 0.6) is 0 Å². The Morgan fingerprint density at radius 1 is 1.06 bits per heavy atom. The monoisotopic (exact) mass is 246 g/mol. The van der Waals surface area contributed by atoms with E-state index in [9.17, 15) is 0 Å². The van der Waals surface area contributed by atoms with E-state index in [-0.39, 0.29) is 0 Å². The third-order valence-electron chi connectivity index (χ3n) is 4.22. The second-order valence-electron chi connectivity index (χ2n) is 5.43. The Morgan fingerprint density at radius 3 is 2.44 bits per heavy atom. The fourth-order valence-electron chi connectivity index (χ4n) is 2.90. The van der Waals surface area contributed by atoms with Crippen molar-refractivity contribution in [3.8, 4) is 0 Å². The molecule has 1 aliphatic heterocycles. The van der Waals surface area contributed by atoms with Crippen molar-refractivity contribution in [2.24, 2.45) is 5.73 Å². The van der Waals surface area contributed by atoms with Gasteiger partial charge in [0.2, 0.25) is 0 Å². The van der Waals surface area contributed by atoms with Gasteiger partial charge in [-0.05, 0) is 75.3 Å². The summed E-state index contributed by atoms with van der Waals surface area (Å²) in [4.78, 5) is 2.55. The molecule has 2 nitrogen and oxygen atoms in total. The van der Waals surface area contributed by atoms with Crippen molar-refractivity contribution in [2.45, 2.75) is 46.0 Å². The number of aryl methyl sites for hydroxylation is 1. The topological polar surface area (TPSA) is 29.3 Å². The number of nitrogens with two attached hydrogens (primary N) is 1. The maximum absolute atomic E-state index is 5.60. The summed E-state index contributed by atoms with van der Waals surface area (Å²) in [6.45, 7) is 7.76. The molecule has 2 heteroatoms. The number of hydrogen-bond donors (Lipinski definition) is 1. The molecule has 1 aromatic rings. The van der Waals surface area contributed by atoms with Gasteiger partial charge in [0.25, 0.3) is 0 Å². The zero-order valence-corrected chi connectivity index (χ0v) is 11.8. The maximum atomic E-state index is 5.60. The standard InChI is InChI=1S/C16H26N2/c1-13-14(2)16(18-11-4-3-5-12-18)9-8-15(13)7-6-10-17/h8-9H,3-7,10-12,17H2,1-2H3. The zero-order valence-electron chi connectivity index (χ0n) is 11.8. The lowest BCUT2D eigenvalue weighted by molar-refractivity contribution is 0.577. The molecule has 0 bridgehead atoms. The molecule has 0 aliphatic carbocycles. The second kappa shape index (κ2) is 6.24. The normalized spacial score (nSPS) is 16.1. The molecule has 1 saturated heterocycles. The smallest absolute Gasteiger partial charge is 0.0398 e. The Balaban J connectivity index is 2.19. The summed E-state index contributed by atoms with van der Waals surface area (Å²) in [5.41, 5.74) is 11.5. The van der Waals surface area contributed by atoms with Gasteiger partial charge in [0.1, 0.15) is 0 Å². The Kier molecular flexibility index (Phi) is 4.65. The summed E-state index contributed by atoms with van der Waals surface area (Å²) in [5.74, 6) is 0. The first-order valence-corrected chi connectivity index (χ1v) is 7.28. The molecule has 0 aromatic heterocycles. The van der Waals surface area contributed by atoms with Crippen LogP contribution in [0, 0.1) is 13.8 Å². The largest absolute Gasteiger partial charge is 0.371 e. The quantitative estimate of drug-likeness (QED) is 0.884. The van der Waals surface area contributed by atoms with E-state index in [1.807, 2.05) is 0 Å². The minimum absolute atomic E-state index is 0.784. The van der Waals surface area contributed by atoms with Gasteiger partial charge in [-0.2, -0.15) is 0 Å². The van der Waals surface area contributed by atoms with Gasteiger partial charge in [-0.1, -0.05) is 6.07 Å². The molecule has 100 valence electrons. The molecular weight excluding hydrogens is 220 g/mol. The molecule has 2 N–H and O–H groups in total. The lowest BCUT2D eigenvalue weighted by Crippen LogP contribution is -2.30. The summed E-state index contributed by atoms with van der Waals surface area (Å²) < 4.78 is 0. The van der Waals surface area contributed by atoms with Gasteiger partial charge < -0.3 is 10.6 Å². The highest BCUT2D eigenvalue weighted by Crippen LogP contribution is 2.28. The van der Waals surface area contributed by atoms with Crippen LogP contribution < -0.4 is 10.6 Å². The van der Waals surface area contributed by atoms with E-state index in [4.69, 9.17) is 5.73 Å². The number of benzene rings is 1. The van der Waals surface area contributed by atoms with Gasteiger partial charge in [0.15, 0.2) is 0 Å². The Hall–Kier alpha value is -1.02. The molecule has 18 heavy (non-hydrogen) atoms. The van der Waals surface area contributed by atoms with Gasteiger partial charge in [-0.15, -0.1) is 0 Å². The first-order chi connectivity index (χ1) is 8.74. The highest BCUT2D eigenvalue weighted by molar-refractivity contribution is 5.58. The Labute approximate surface area is 111 Å². The molecular formula is C16H26N2. The number of rotatable bonds is 4. The molecule has 0 unspecified atom stereocenters. The van der Waals surface area contributed by atoms with E-state index in [1.54, 1.807) is 0 Å². The predicted molar refractivity (Wildman–Crippen MR) is 79.4 cm³/mol. The maximum Gasteiger partial charge on any atom is 0.0398 e. The van der Waals surface area contributed by atoms with Crippen molar-refractivity contribution in [1.29, 1.82) is 0 Å². The molecule has 0 saturated carbocycles. The average Bonchev–Trinajstić information content (AvgIpc) is 2.41. The van der Waals surface area contributed by atoms with Gasteiger partial charge in [0.05, 0.1) is 0 Å². The lowest BCUT2D eigenvalue weighted by atomic mass is 9.97. The van der Waals surface area contributed by atoms with Gasteiger partial charge in [-0.25, -0.2) is 0 Å². The highest BCUT2D eigenvalue weighted by atomic mass is 15.1. The third-order valence-corrected chi connectivity index (χ3v) is 4.22. The SMILES string of the molecule is Cc1c(CCCN)ccc(N2CCCCC2)c1C. The average molecular weight is 246 g/mol. The highest BCUT2D eigenvalue weighted by Gasteiger charge is 2.14. The third kappa shape index (κ3) is 2.86. The van der Waals surface area contributed by atoms with E-state index in [2.05, 4.69) is 30.9 Å².